The van der Waals surface area contributed by atoms with Crippen LogP contribution in [0.2, 0.25) is 0 Å². The molecule has 0 atom stereocenters. The minimum absolute atomic E-state index is 0.141. The van der Waals surface area contributed by atoms with Crippen LogP contribution in [0.5, 0.6) is 0 Å². The lowest BCUT2D eigenvalue weighted by atomic mass is 10.0. The lowest BCUT2D eigenvalue weighted by Gasteiger charge is -2.28. The predicted octanol–water partition coefficient (Wildman–Crippen LogP) is 2.31. The monoisotopic (exact) mass is 321 g/mol. The van der Waals surface area contributed by atoms with Gasteiger partial charge in [0.1, 0.15) is 6.29 Å². The molecule has 0 aliphatic carbocycles. The normalized spacial score (nSPS) is 18.6. The fraction of sp³-hybridized carbons (Fsp3) is 0.462. The smallest absolute Gasteiger partial charge is 0.303 e. The van der Waals surface area contributed by atoms with E-state index in [0.717, 1.165) is 28.8 Å². The Kier molecular flexibility index (Phi) is 4.38. The van der Waals surface area contributed by atoms with Crippen LogP contribution in [0.1, 0.15) is 18.4 Å². The summed E-state index contributed by atoms with van der Waals surface area (Å²) in [5.41, 5.74) is -0.994. The van der Waals surface area contributed by atoms with E-state index in [1.165, 1.54) is 0 Å². The van der Waals surface area contributed by atoms with E-state index < -0.39 is 21.8 Å². The summed E-state index contributed by atoms with van der Waals surface area (Å²) in [4.78, 5) is 10.3. The standard InChI is InChI=1S/C13H14F3NO3S/c14-13(15,16)11-2-1-3-12(8-11)21(19,20)17-6-4-10(9-18)5-7-17/h1-3,8-10H,4-7H2. The molecular weight excluding hydrogens is 307 g/mol. The Bertz CT molecular complexity index is 620. The molecule has 1 saturated heterocycles. The van der Waals surface area contributed by atoms with E-state index in [0.29, 0.717) is 18.9 Å². The molecule has 0 unspecified atom stereocenters. The van der Waals surface area contributed by atoms with Gasteiger partial charge in [-0.15, -0.1) is 0 Å². The Hall–Kier alpha value is -1.41. The van der Waals surface area contributed by atoms with E-state index in [9.17, 15) is 26.4 Å². The van der Waals surface area contributed by atoms with Gasteiger partial charge in [-0.3, -0.25) is 0 Å². The SMILES string of the molecule is O=CC1CCN(S(=O)(=O)c2cccc(C(F)(F)F)c2)CC1. The third-order valence-corrected chi connectivity index (χ3v) is 5.38. The van der Waals surface area contributed by atoms with Gasteiger partial charge in [-0.05, 0) is 31.0 Å². The largest absolute Gasteiger partial charge is 0.416 e. The van der Waals surface area contributed by atoms with Gasteiger partial charge < -0.3 is 4.79 Å². The first-order valence-corrected chi connectivity index (χ1v) is 7.82. The van der Waals surface area contributed by atoms with Crippen LogP contribution in [0.15, 0.2) is 29.2 Å². The van der Waals surface area contributed by atoms with Crippen LogP contribution >= 0.6 is 0 Å². The van der Waals surface area contributed by atoms with Crippen molar-refractivity contribution in [3.05, 3.63) is 29.8 Å². The number of rotatable bonds is 3. The van der Waals surface area contributed by atoms with Gasteiger partial charge in [0.15, 0.2) is 0 Å². The van der Waals surface area contributed by atoms with Gasteiger partial charge in [-0.1, -0.05) is 6.07 Å². The van der Waals surface area contributed by atoms with Crippen molar-refractivity contribution in [2.75, 3.05) is 13.1 Å². The number of hydrogen-bond acceptors (Lipinski definition) is 3. The molecule has 0 spiro atoms. The second-order valence-electron chi connectivity index (χ2n) is 4.90. The van der Waals surface area contributed by atoms with E-state index in [2.05, 4.69) is 0 Å². The molecule has 4 nitrogen and oxygen atoms in total. The van der Waals surface area contributed by atoms with Crippen molar-refractivity contribution in [3.8, 4) is 0 Å². The average Bonchev–Trinajstić information content (AvgIpc) is 2.46. The summed E-state index contributed by atoms with van der Waals surface area (Å²) < 4.78 is 63.7. The molecule has 0 radical (unpaired) electrons. The molecule has 0 amide bonds. The van der Waals surface area contributed by atoms with Gasteiger partial charge in [0.2, 0.25) is 10.0 Å². The molecule has 0 saturated carbocycles. The second kappa shape index (κ2) is 5.76. The highest BCUT2D eigenvalue weighted by Gasteiger charge is 2.34. The van der Waals surface area contributed by atoms with Gasteiger partial charge in [0.25, 0.3) is 0 Å². The van der Waals surface area contributed by atoms with E-state index in [1.807, 2.05) is 0 Å². The Morgan fingerprint density at radius 3 is 2.33 bits per heavy atom. The van der Waals surface area contributed by atoms with Crippen LogP contribution in [-0.2, 0) is 21.0 Å². The van der Waals surface area contributed by atoms with E-state index in [-0.39, 0.29) is 23.9 Å². The lowest BCUT2D eigenvalue weighted by molar-refractivity contribution is -0.137. The minimum Gasteiger partial charge on any atom is -0.303 e. The molecule has 116 valence electrons. The fourth-order valence-corrected chi connectivity index (χ4v) is 3.75. The van der Waals surface area contributed by atoms with Crippen molar-refractivity contribution in [1.82, 2.24) is 4.31 Å². The minimum atomic E-state index is -4.59. The summed E-state index contributed by atoms with van der Waals surface area (Å²) in [6, 6.07) is 3.70. The van der Waals surface area contributed by atoms with Gasteiger partial charge >= 0.3 is 6.18 Å². The Morgan fingerprint density at radius 1 is 1.19 bits per heavy atom. The highest BCUT2D eigenvalue weighted by molar-refractivity contribution is 7.89. The number of sulfonamides is 1. The molecule has 1 aliphatic heterocycles. The first kappa shape index (κ1) is 16.0. The molecule has 8 heteroatoms. The highest BCUT2D eigenvalue weighted by Crippen LogP contribution is 2.31. The molecule has 1 aliphatic rings. The summed E-state index contributed by atoms with van der Waals surface area (Å²) in [6.45, 7) is 0.282. The molecule has 1 aromatic rings. The molecule has 1 fully saturated rings. The molecule has 1 heterocycles. The van der Waals surface area contributed by atoms with Crippen molar-refractivity contribution in [2.45, 2.75) is 23.9 Å². The number of piperidine rings is 1. The summed E-state index contributed by atoms with van der Waals surface area (Å²) in [6.07, 6.45) is -3.02. The highest BCUT2D eigenvalue weighted by atomic mass is 32.2. The third-order valence-electron chi connectivity index (χ3n) is 3.49. The number of hydrogen-bond donors (Lipinski definition) is 0. The zero-order valence-electron chi connectivity index (χ0n) is 11.0. The number of aldehydes is 1. The maximum absolute atomic E-state index is 12.6. The zero-order chi connectivity index (χ0) is 15.7. The Balaban J connectivity index is 2.26. The molecule has 0 N–H and O–H groups in total. The summed E-state index contributed by atoms with van der Waals surface area (Å²) >= 11 is 0. The number of benzene rings is 1. The van der Waals surface area contributed by atoms with Crippen LogP contribution in [-0.4, -0.2) is 32.1 Å². The maximum atomic E-state index is 12.6. The van der Waals surface area contributed by atoms with Gasteiger partial charge in [0, 0.05) is 19.0 Å². The number of nitrogens with zero attached hydrogens (tertiary/aromatic N) is 1. The van der Waals surface area contributed by atoms with E-state index >= 15 is 0 Å². The Morgan fingerprint density at radius 2 is 1.81 bits per heavy atom. The summed E-state index contributed by atoms with van der Waals surface area (Å²) in [5.74, 6) is -0.182. The number of halogens is 3. The van der Waals surface area contributed by atoms with Crippen molar-refractivity contribution >= 4 is 16.3 Å². The zero-order valence-corrected chi connectivity index (χ0v) is 11.8. The van der Waals surface area contributed by atoms with Crippen LogP contribution in [0.4, 0.5) is 13.2 Å². The topological polar surface area (TPSA) is 54.5 Å². The van der Waals surface area contributed by atoms with Crippen LogP contribution in [0.25, 0.3) is 0 Å². The van der Waals surface area contributed by atoms with Crippen LogP contribution in [0, 0.1) is 5.92 Å². The lowest BCUT2D eigenvalue weighted by Crippen LogP contribution is -2.38. The van der Waals surface area contributed by atoms with Crippen LogP contribution < -0.4 is 0 Å². The molecule has 2 rings (SSSR count). The maximum Gasteiger partial charge on any atom is 0.416 e. The first-order valence-electron chi connectivity index (χ1n) is 6.38. The first-order chi connectivity index (χ1) is 9.75. The number of alkyl halides is 3. The molecule has 0 aromatic heterocycles. The summed E-state index contributed by atoms with van der Waals surface area (Å²) in [5, 5.41) is 0. The average molecular weight is 321 g/mol. The van der Waals surface area contributed by atoms with Crippen molar-refractivity contribution in [2.24, 2.45) is 5.92 Å². The second-order valence-corrected chi connectivity index (χ2v) is 6.84. The third kappa shape index (κ3) is 3.44. The molecule has 21 heavy (non-hydrogen) atoms. The van der Waals surface area contributed by atoms with Gasteiger partial charge in [-0.25, -0.2) is 8.42 Å². The van der Waals surface area contributed by atoms with Crippen molar-refractivity contribution in [3.63, 3.8) is 0 Å². The van der Waals surface area contributed by atoms with Crippen LogP contribution in [0.3, 0.4) is 0 Å². The van der Waals surface area contributed by atoms with Crippen molar-refractivity contribution in [1.29, 1.82) is 0 Å². The van der Waals surface area contributed by atoms with Crippen molar-refractivity contribution < 1.29 is 26.4 Å². The number of carbonyl (C=O) groups is 1. The quantitative estimate of drug-likeness (QED) is 0.803. The molecule has 0 bridgehead atoms. The number of carbonyl (C=O) groups excluding carboxylic acids is 1. The van der Waals surface area contributed by atoms with Gasteiger partial charge in [0.05, 0.1) is 10.5 Å². The van der Waals surface area contributed by atoms with E-state index in [4.69, 9.17) is 0 Å². The van der Waals surface area contributed by atoms with Gasteiger partial charge in [-0.2, -0.15) is 17.5 Å². The fourth-order valence-electron chi connectivity index (χ4n) is 2.23. The Labute approximate surface area is 120 Å². The molecule has 1 aromatic carbocycles. The van der Waals surface area contributed by atoms with E-state index in [1.54, 1.807) is 0 Å². The predicted molar refractivity (Wildman–Crippen MR) is 69.0 cm³/mol. The molecular formula is C13H14F3NO3S. The summed E-state index contributed by atoms with van der Waals surface area (Å²) in [7, 11) is -3.96.